The molecule has 3 fully saturated rings. The van der Waals surface area contributed by atoms with Gasteiger partial charge in [0.05, 0.1) is 16.3 Å². The van der Waals surface area contributed by atoms with Gasteiger partial charge in [-0.1, -0.05) is 49.2 Å². The number of hydrogen-bond acceptors (Lipinski definition) is 5. The molecule has 4 aliphatic rings. The van der Waals surface area contributed by atoms with Gasteiger partial charge in [0.2, 0.25) is 0 Å². The summed E-state index contributed by atoms with van der Waals surface area (Å²) in [5, 5.41) is 9.97. The lowest BCUT2D eigenvalue weighted by atomic mass is 9.86. The van der Waals surface area contributed by atoms with Crippen LogP contribution in [0, 0.1) is 5.92 Å². The zero-order valence-corrected chi connectivity index (χ0v) is 20.4. The van der Waals surface area contributed by atoms with E-state index in [-0.39, 0.29) is 35.3 Å². The van der Waals surface area contributed by atoms with E-state index >= 15 is 0 Å². The summed E-state index contributed by atoms with van der Waals surface area (Å²) in [6, 6.07) is 17.4. The first-order valence-electron chi connectivity index (χ1n) is 12.6. The highest BCUT2D eigenvalue weighted by molar-refractivity contribution is 8.04. The van der Waals surface area contributed by atoms with Crippen LogP contribution < -0.4 is 25.6 Å². The number of urea groups is 1. The van der Waals surface area contributed by atoms with Gasteiger partial charge in [0.1, 0.15) is 11.5 Å². The van der Waals surface area contributed by atoms with Crippen LogP contribution in [0.25, 0.3) is 0 Å². The molecular formula is C27H30N4O3S. The van der Waals surface area contributed by atoms with E-state index in [2.05, 4.69) is 16.0 Å². The Morgan fingerprint density at radius 3 is 2.49 bits per heavy atom. The molecular weight excluding hydrogens is 460 g/mol. The van der Waals surface area contributed by atoms with Crippen LogP contribution in [0.2, 0.25) is 0 Å². The van der Waals surface area contributed by atoms with Crippen LogP contribution in [0.15, 0.2) is 65.2 Å². The van der Waals surface area contributed by atoms with Gasteiger partial charge < -0.3 is 20.7 Å². The van der Waals surface area contributed by atoms with Gasteiger partial charge >= 0.3 is 6.03 Å². The van der Waals surface area contributed by atoms with Crippen LogP contribution >= 0.6 is 11.8 Å². The summed E-state index contributed by atoms with van der Waals surface area (Å²) in [4.78, 5) is 29.1. The van der Waals surface area contributed by atoms with Crippen LogP contribution in [0.1, 0.15) is 38.5 Å². The van der Waals surface area contributed by atoms with Gasteiger partial charge in [0, 0.05) is 23.3 Å². The number of para-hydroxylation sites is 1. The Hall–Kier alpha value is -2.97. The molecule has 0 bridgehead atoms. The average Bonchev–Trinajstić information content (AvgIpc) is 3.26. The van der Waals surface area contributed by atoms with Gasteiger partial charge in [-0.3, -0.25) is 9.69 Å². The molecule has 3 N–H and O–H groups in total. The van der Waals surface area contributed by atoms with E-state index in [1.807, 2.05) is 59.5 Å². The van der Waals surface area contributed by atoms with Crippen LogP contribution in [0.3, 0.4) is 0 Å². The number of rotatable bonds is 5. The second-order valence-electron chi connectivity index (χ2n) is 9.63. The Morgan fingerprint density at radius 2 is 1.71 bits per heavy atom. The third-order valence-corrected chi connectivity index (χ3v) is 8.74. The minimum atomic E-state index is -0.177. The lowest BCUT2D eigenvalue weighted by Crippen LogP contribution is -2.62. The molecule has 7 nitrogen and oxygen atoms in total. The SMILES string of the molecule is O=C(NC1CCCCC1)C1=C2NC(=O)N(c3ccc(Oc4ccccc4)cc3)C3CCNC(S1)C23. The highest BCUT2D eigenvalue weighted by Crippen LogP contribution is 2.48. The van der Waals surface area contributed by atoms with E-state index in [0.717, 1.165) is 48.7 Å². The molecule has 3 aliphatic heterocycles. The number of amides is 3. The second-order valence-corrected chi connectivity index (χ2v) is 10.8. The van der Waals surface area contributed by atoms with Crippen molar-refractivity contribution in [2.75, 3.05) is 11.4 Å². The molecule has 3 atom stereocenters. The number of nitrogens with one attached hydrogen (secondary N) is 3. The first-order chi connectivity index (χ1) is 17.2. The number of carbonyl (C=O) groups is 2. The van der Waals surface area contributed by atoms with Gasteiger partial charge in [-0.15, -0.1) is 0 Å². The fourth-order valence-electron chi connectivity index (χ4n) is 5.72. The number of piperidine rings is 1. The Labute approximate surface area is 209 Å². The lowest BCUT2D eigenvalue weighted by molar-refractivity contribution is -0.117. The zero-order chi connectivity index (χ0) is 23.8. The van der Waals surface area contributed by atoms with E-state index in [0.29, 0.717) is 4.91 Å². The molecule has 0 radical (unpaired) electrons. The van der Waals surface area contributed by atoms with Gasteiger partial charge in [0.25, 0.3) is 5.91 Å². The van der Waals surface area contributed by atoms with Crippen LogP contribution in [0.4, 0.5) is 10.5 Å². The predicted octanol–water partition coefficient (Wildman–Crippen LogP) is 4.72. The van der Waals surface area contributed by atoms with Crippen molar-refractivity contribution in [2.24, 2.45) is 5.92 Å². The number of thioether (sulfide) groups is 1. The molecule has 8 heteroatoms. The fourth-order valence-corrected chi connectivity index (χ4v) is 7.12. The van der Waals surface area contributed by atoms with Crippen molar-refractivity contribution in [3.63, 3.8) is 0 Å². The van der Waals surface area contributed by atoms with Crippen molar-refractivity contribution >= 4 is 29.4 Å². The van der Waals surface area contributed by atoms with E-state index in [9.17, 15) is 9.59 Å². The van der Waals surface area contributed by atoms with Crippen molar-refractivity contribution in [1.82, 2.24) is 16.0 Å². The summed E-state index contributed by atoms with van der Waals surface area (Å²) in [6.07, 6.45) is 6.49. The Kier molecular flexibility index (Phi) is 6.16. The fraction of sp³-hybridized carbons (Fsp3) is 0.407. The first kappa shape index (κ1) is 22.5. The number of nitrogens with zero attached hydrogens (tertiary/aromatic N) is 1. The highest BCUT2D eigenvalue weighted by Gasteiger charge is 2.51. The van der Waals surface area contributed by atoms with Gasteiger partial charge in [0.15, 0.2) is 0 Å². The van der Waals surface area contributed by atoms with Gasteiger partial charge in [-0.25, -0.2) is 4.79 Å². The van der Waals surface area contributed by atoms with E-state index < -0.39 is 0 Å². The standard InChI is InChI=1S/C27H30N4O3S/c32-25(29-17-7-3-1-4-8-17)24-23-22-21(15-16-28-26(22)35-24)31(27(33)30-23)18-11-13-20(14-12-18)34-19-9-5-2-6-10-19/h2,5-6,9-14,17,21-22,26,28H,1,3-4,7-8,15-16H2,(H,29,32)(H,30,33). The monoisotopic (exact) mass is 490 g/mol. The van der Waals surface area contributed by atoms with Crippen LogP contribution in [-0.4, -0.2) is 35.9 Å². The minimum absolute atomic E-state index is 0.00151. The van der Waals surface area contributed by atoms with Gasteiger partial charge in [-0.05, 0) is 62.2 Å². The average molecular weight is 491 g/mol. The van der Waals surface area contributed by atoms with Crippen molar-refractivity contribution in [1.29, 1.82) is 0 Å². The summed E-state index contributed by atoms with van der Waals surface area (Å²) in [7, 11) is 0. The number of hydrogen-bond donors (Lipinski definition) is 3. The largest absolute Gasteiger partial charge is 0.457 e. The van der Waals surface area contributed by atoms with Gasteiger partial charge in [-0.2, -0.15) is 0 Å². The molecule has 6 rings (SSSR count). The second kappa shape index (κ2) is 9.59. The van der Waals surface area contributed by atoms with Crippen molar-refractivity contribution in [2.45, 2.75) is 56.0 Å². The van der Waals surface area contributed by atoms with Crippen LogP contribution in [0.5, 0.6) is 11.5 Å². The Morgan fingerprint density at radius 1 is 0.971 bits per heavy atom. The maximum atomic E-state index is 13.4. The molecule has 3 heterocycles. The molecule has 35 heavy (non-hydrogen) atoms. The molecule has 2 saturated heterocycles. The summed E-state index contributed by atoms with van der Waals surface area (Å²) in [6.45, 7) is 0.808. The number of anilines is 1. The predicted molar refractivity (Wildman–Crippen MR) is 137 cm³/mol. The summed E-state index contributed by atoms with van der Waals surface area (Å²) in [5.41, 5.74) is 1.62. The first-order valence-corrected chi connectivity index (χ1v) is 13.4. The maximum Gasteiger partial charge on any atom is 0.326 e. The quantitative estimate of drug-likeness (QED) is 0.565. The topological polar surface area (TPSA) is 82.7 Å². The van der Waals surface area contributed by atoms with E-state index in [1.54, 1.807) is 11.8 Å². The molecule has 2 aromatic rings. The summed E-state index contributed by atoms with van der Waals surface area (Å²) < 4.78 is 5.92. The summed E-state index contributed by atoms with van der Waals surface area (Å²) in [5.74, 6) is 1.51. The third kappa shape index (κ3) is 4.41. The third-order valence-electron chi connectivity index (χ3n) is 7.38. The summed E-state index contributed by atoms with van der Waals surface area (Å²) >= 11 is 1.57. The Bertz CT molecular complexity index is 1130. The molecule has 0 spiro atoms. The lowest BCUT2D eigenvalue weighted by Gasteiger charge is -2.45. The molecule has 1 aliphatic carbocycles. The molecule has 1 saturated carbocycles. The van der Waals surface area contributed by atoms with Crippen molar-refractivity contribution in [3.05, 3.63) is 65.2 Å². The van der Waals surface area contributed by atoms with Crippen molar-refractivity contribution in [3.8, 4) is 11.5 Å². The van der Waals surface area contributed by atoms with E-state index in [1.165, 1.54) is 19.3 Å². The molecule has 2 aromatic carbocycles. The number of benzene rings is 2. The smallest absolute Gasteiger partial charge is 0.326 e. The molecule has 3 unspecified atom stereocenters. The molecule has 0 aromatic heterocycles. The minimum Gasteiger partial charge on any atom is -0.457 e. The highest BCUT2D eigenvalue weighted by atomic mass is 32.2. The molecule has 3 amide bonds. The normalized spacial score (nSPS) is 26.2. The molecule has 182 valence electrons. The zero-order valence-electron chi connectivity index (χ0n) is 19.5. The number of ether oxygens (including phenoxy) is 1. The van der Waals surface area contributed by atoms with Crippen LogP contribution in [-0.2, 0) is 4.79 Å². The number of carbonyl (C=O) groups excluding carboxylic acids is 2. The maximum absolute atomic E-state index is 13.4. The van der Waals surface area contributed by atoms with E-state index in [4.69, 9.17) is 4.74 Å². The van der Waals surface area contributed by atoms with Crippen molar-refractivity contribution < 1.29 is 14.3 Å². The Balaban J connectivity index is 1.22.